The van der Waals surface area contributed by atoms with E-state index in [-0.39, 0.29) is 5.60 Å². The molecular weight excluding hydrogens is 286 g/mol. The number of ether oxygens (including phenoxy) is 1. The third-order valence-electron chi connectivity index (χ3n) is 4.85. The van der Waals surface area contributed by atoms with Crippen LogP contribution in [-0.2, 0) is 10.3 Å². The highest BCUT2D eigenvalue weighted by Crippen LogP contribution is 2.33. The van der Waals surface area contributed by atoms with Gasteiger partial charge in [-0.2, -0.15) is 0 Å². The Balaban J connectivity index is 2.12. The third-order valence-corrected chi connectivity index (χ3v) is 4.85. The van der Waals surface area contributed by atoms with E-state index in [1.807, 2.05) is 6.07 Å². The molecule has 0 aromatic heterocycles. The molecule has 23 heavy (non-hydrogen) atoms. The lowest BCUT2D eigenvalue weighted by atomic mass is 9.95. The molecule has 1 aromatic rings. The van der Waals surface area contributed by atoms with Crippen molar-refractivity contribution < 1.29 is 4.74 Å². The van der Waals surface area contributed by atoms with Gasteiger partial charge in [0.05, 0.1) is 23.6 Å². The lowest BCUT2D eigenvalue weighted by Gasteiger charge is -2.34. The molecule has 1 aromatic carbocycles. The minimum Gasteiger partial charge on any atom is -0.397 e. The van der Waals surface area contributed by atoms with Gasteiger partial charge in [-0.1, -0.05) is 13.0 Å². The zero-order valence-corrected chi connectivity index (χ0v) is 15.4. The summed E-state index contributed by atoms with van der Waals surface area (Å²) >= 11 is 0. The number of benzene rings is 1. The molecule has 4 nitrogen and oxygen atoms in total. The van der Waals surface area contributed by atoms with Crippen molar-refractivity contribution in [3.05, 3.63) is 23.8 Å². The van der Waals surface area contributed by atoms with Gasteiger partial charge in [0, 0.05) is 19.6 Å². The Kier molecular flexibility index (Phi) is 5.93. The monoisotopic (exact) mass is 319 g/mol. The van der Waals surface area contributed by atoms with E-state index in [0.717, 1.165) is 37.8 Å². The van der Waals surface area contributed by atoms with Crippen LogP contribution in [0.15, 0.2) is 18.2 Å². The van der Waals surface area contributed by atoms with Gasteiger partial charge in [-0.15, -0.1) is 0 Å². The van der Waals surface area contributed by atoms with Crippen molar-refractivity contribution in [2.45, 2.75) is 39.2 Å². The molecule has 1 saturated heterocycles. The van der Waals surface area contributed by atoms with Gasteiger partial charge < -0.3 is 20.3 Å². The van der Waals surface area contributed by atoms with Crippen LogP contribution < -0.4 is 10.6 Å². The highest BCUT2D eigenvalue weighted by atomic mass is 16.5. The van der Waals surface area contributed by atoms with Crippen molar-refractivity contribution in [3.63, 3.8) is 0 Å². The number of hydrogen-bond acceptors (Lipinski definition) is 4. The van der Waals surface area contributed by atoms with E-state index in [0.29, 0.717) is 0 Å². The molecule has 4 heteroatoms. The molecule has 2 N–H and O–H groups in total. The number of anilines is 2. The summed E-state index contributed by atoms with van der Waals surface area (Å²) in [5.41, 5.74) is 9.17. The van der Waals surface area contributed by atoms with Crippen LogP contribution >= 0.6 is 0 Å². The second kappa shape index (κ2) is 7.54. The van der Waals surface area contributed by atoms with Gasteiger partial charge in [-0.3, -0.25) is 0 Å². The van der Waals surface area contributed by atoms with Gasteiger partial charge in [0.1, 0.15) is 0 Å². The van der Waals surface area contributed by atoms with Crippen molar-refractivity contribution in [1.29, 1.82) is 0 Å². The summed E-state index contributed by atoms with van der Waals surface area (Å²) in [5.74, 6) is 0.821. The number of hydrogen-bond donors (Lipinski definition) is 1. The Bertz CT molecular complexity index is 505. The molecule has 1 aliphatic heterocycles. The van der Waals surface area contributed by atoms with Crippen molar-refractivity contribution in [2.24, 2.45) is 5.92 Å². The minimum absolute atomic E-state index is 0.304. The number of nitrogens with two attached hydrogens (primary N) is 1. The first-order chi connectivity index (χ1) is 10.8. The maximum atomic E-state index is 6.25. The van der Waals surface area contributed by atoms with Crippen LogP contribution in [0.1, 0.15) is 39.2 Å². The first-order valence-corrected chi connectivity index (χ1v) is 8.73. The standard InChI is InChI=1S/C19H33N3O/c1-15-8-10-22(11-9-15)18-14-16(6-7-17(18)20)19(2,3)23-13-12-21(4)5/h6-7,14-15H,8-13,20H2,1-5H3. The summed E-state index contributed by atoms with van der Waals surface area (Å²) in [7, 11) is 4.13. The largest absolute Gasteiger partial charge is 0.397 e. The topological polar surface area (TPSA) is 41.7 Å². The summed E-state index contributed by atoms with van der Waals surface area (Å²) in [6.45, 7) is 10.4. The van der Waals surface area contributed by atoms with E-state index in [1.54, 1.807) is 0 Å². The molecule has 1 fully saturated rings. The molecule has 0 aliphatic carbocycles. The van der Waals surface area contributed by atoms with E-state index < -0.39 is 0 Å². The van der Waals surface area contributed by atoms with Gasteiger partial charge in [0.25, 0.3) is 0 Å². The van der Waals surface area contributed by atoms with E-state index in [4.69, 9.17) is 10.5 Å². The van der Waals surface area contributed by atoms with Crippen molar-refractivity contribution in [3.8, 4) is 0 Å². The van der Waals surface area contributed by atoms with E-state index in [1.165, 1.54) is 24.1 Å². The van der Waals surface area contributed by atoms with Crippen molar-refractivity contribution in [2.75, 3.05) is 51.0 Å². The average Bonchev–Trinajstić information content (AvgIpc) is 2.48. The predicted octanol–water partition coefficient (Wildman–Crippen LogP) is 3.32. The van der Waals surface area contributed by atoms with Gasteiger partial charge >= 0.3 is 0 Å². The molecular formula is C19H33N3O. The summed E-state index contributed by atoms with van der Waals surface area (Å²) in [4.78, 5) is 4.56. The molecule has 1 heterocycles. The van der Waals surface area contributed by atoms with Gasteiger partial charge in [-0.25, -0.2) is 0 Å². The minimum atomic E-state index is -0.304. The molecule has 0 saturated carbocycles. The smallest absolute Gasteiger partial charge is 0.0876 e. The fourth-order valence-electron chi connectivity index (χ4n) is 3.01. The Morgan fingerprint density at radius 2 is 1.91 bits per heavy atom. The highest BCUT2D eigenvalue weighted by molar-refractivity contribution is 5.69. The molecule has 2 rings (SSSR count). The number of likely N-dealkylation sites (N-methyl/N-ethyl adjacent to an activating group) is 1. The Labute approximate surface area is 141 Å². The second-order valence-corrected chi connectivity index (χ2v) is 7.61. The molecule has 0 radical (unpaired) electrons. The maximum Gasteiger partial charge on any atom is 0.0876 e. The van der Waals surface area contributed by atoms with E-state index >= 15 is 0 Å². The number of nitrogen functional groups attached to an aromatic ring is 1. The maximum absolute atomic E-state index is 6.25. The molecule has 0 atom stereocenters. The summed E-state index contributed by atoms with van der Waals surface area (Å²) < 4.78 is 6.12. The first-order valence-electron chi connectivity index (χ1n) is 8.73. The third kappa shape index (κ3) is 4.85. The second-order valence-electron chi connectivity index (χ2n) is 7.61. The zero-order valence-electron chi connectivity index (χ0n) is 15.4. The van der Waals surface area contributed by atoms with E-state index in [2.05, 4.69) is 56.8 Å². The van der Waals surface area contributed by atoms with Crippen LogP contribution in [-0.4, -0.2) is 45.2 Å². The molecule has 0 unspecified atom stereocenters. The number of nitrogens with zero attached hydrogens (tertiary/aromatic N) is 2. The van der Waals surface area contributed by atoms with Crippen LogP contribution in [0, 0.1) is 5.92 Å². The van der Waals surface area contributed by atoms with Gasteiger partial charge in [0.15, 0.2) is 0 Å². The van der Waals surface area contributed by atoms with Crippen LogP contribution in [0.25, 0.3) is 0 Å². The van der Waals surface area contributed by atoms with Crippen LogP contribution in [0.5, 0.6) is 0 Å². The van der Waals surface area contributed by atoms with Crippen LogP contribution in [0.3, 0.4) is 0 Å². The normalized spacial score (nSPS) is 17.0. The number of piperidine rings is 1. The van der Waals surface area contributed by atoms with E-state index in [9.17, 15) is 0 Å². The molecule has 0 amide bonds. The zero-order chi connectivity index (χ0) is 17.0. The van der Waals surface area contributed by atoms with Gasteiger partial charge in [0.2, 0.25) is 0 Å². The molecule has 130 valence electrons. The molecule has 0 bridgehead atoms. The highest BCUT2D eigenvalue weighted by Gasteiger charge is 2.24. The molecule has 1 aliphatic rings. The predicted molar refractivity (Wildman–Crippen MR) is 99.0 cm³/mol. The summed E-state index contributed by atoms with van der Waals surface area (Å²) in [6.07, 6.45) is 2.48. The summed E-state index contributed by atoms with van der Waals surface area (Å²) in [6, 6.07) is 6.35. The van der Waals surface area contributed by atoms with Crippen LogP contribution in [0.4, 0.5) is 11.4 Å². The lowest BCUT2D eigenvalue weighted by molar-refractivity contribution is -0.0268. The summed E-state index contributed by atoms with van der Waals surface area (Å²) in [5, 5.41) is 0. The Morgan fingerprint density at radius 3 is 2.52 bits per heavy atom. The van der Waals surface area contributed by atoms with Crippen molar-refractivity contribution in [1.82, 2.24) is 4.90 Å². The molecule has 0 spiro atoms. The average molecular weight is 319 g/mol. The van der Waals surface area contributed by atoms with Crippen LogP contribution in [0.2, 0.25) is 0 Å². The SMILES string of the molecule is CC1CCN(c2cc(C(C)(C)OCCN(C)C)ccc2N)CC1. The Hall–Kier alpha value is -1.26. The lowest BCUT2D eigenvalue weighted by Crippen LogP contribution is -2.34. The number of rotatable bonds is 6. The Morgan fingerprint density at radius 1 is 1.26 bits per heavy atom. The van der Waals surface area contributed by atoms with Crippen molar-refractivity contribution >= 4 is 11.4 Å². The fourth-order valence-corrected chi connectivity index (χ4v) is 3.01. The van der Waals surface area contributed by atoms with Gasteiger partial charge in [-0.05, 0) is 64.4 Å². The fraction of sp³-hybridized carbons (Fsp3) is 0.684. The first kappa shape index (κ1) is 18.1. The quantitative estimate of drug-likeness (QED) is 0.817.